The molecule has 16 heavy (non-hydrogen) atoms. The lowest BCUT2D eigenvalue weighted by Gasteiger charge is -2.09. The quantitative estimate of drug-likeness (QED) is 0.703. The van der Waals surface area contributed by atoms with Gasteiger partial charge in [-0.05, 0) is 31.2 Å². The van der Waals surface area contributed by atoms with Crippen LogP contribution in [-0.2, 0) is 0 Å². The largest absolute Gasteiger partial charge is 0.392 e. The van der Waals surface area contributed by atoms with Crippen LogP contribution in [0.25, 0.3) is 0 Å². The van der Waals surface area contributed by atoms with Crippen molar-refractivity contribution >= 4 is 11.5 Å². The van der Waals surface area contributed by atoms with Crippen LogP contribution in [0.3, 0.4) is 0 Å². The molecule has 86 valence electrons. The van der Waals surface area contributed by atoms with Gasteiger partial charge in [-0.1, -0.05) is 0 Å². The summed E-state index contributed by atoms with van der Waals surface area (Å²) in [5, 5.41) is 15.5. The molecule has 0 saturated carbocycles. The third kappa shape index (κ3) is 2.73. The van der Waals surface area contributed by atoms with Crippen LogP contribution in [0, 0.1) is 0 Å². The van der Waals surface area contributed by atoms with Gasteiger partial charge in [-0.25, -0.2) is 0 Å². The smallest absolute Gasteiger partial charge is 0.128 e. The van der Waals surface area contributed by atoms with E-state index in [-0.39, 0.29) is 6.10 Å². The van der Waals surface area contributed by atoms with Crippen LogP contribution in [0.1, 0.15) is 12.5 Å². The predicted octanol–water partition coefficient (Wildman–Crippen LogP) is 0.829. The minimum atomic E-state index is -0.333. The lowest BCUT2D eigenvalue weighted by Crippen LogP contribution is -2.19. The minimum Gasteiger partial charge on any atom is -0.392 e. The maximum Gasteiger partial charge on any atom is 0.128 e. The Morgan fingerprint density at radius 1 is 1.44 bits per heavy atom. The molecule has 0 fully saturated rings. The molecule has 1 unspecified atom stereocenters. The molecule has 4 heteroatoms. The van der Waals surface area contributed by atoms with Gasteiger partial charge in [-0.3, -0.25) is 4.99 Å². The summed E-state index contributed by atoms with van der Waals surface area (Å²) in [5.41, 5.74) is 2.13. The Bertz CT molecular complexity index is 370. The lowest BCUT2D eigenvalue weighted by atomic mass is 10.2. The fourth-order valence-electron chi connectivity index (χ4n) is 1.60. The molecule has 0 aliphatic carbocycles. The fourth-order valence-corrected chi connectivity index (χ4v) is 1.60. The molecule has 1 aliphatic heterocycles. The van der Waals surface area contributed by atoms with Gasteiger partial charge in [0.15, 0.2) is 0 Å². The summed E-state index contributed by atoms with van der Waals surface area (Å²) in [6, 6.07) is 8.06. The second-order valence-corrected chi connectivity index (χ2v) is 3.96. The number of aliphatic hydroxyl groups is 1. The number of benzene rings is 1. The van der Waals surface area contributed by atoms with Crippen LogP contribution in [0.4, 0.5) is 5.69 Å². The number of aliphatic hydroxyl groups excluding tert-OH is 1. The molecule has 1 aliphatic rings. The Kier molecular flexibility index (Phi) is 3.41. The zero-order valence-electron chi connectivity index (χ0n) is 9.40. The van der Waals surface area contributed by atoms with E-state index in [9.17, 15) is 0 Å². The molecule has 1 heterocycles. The fraction of sp³-hybridized carbons (Fsp3) is 0.417. The van der Waals surface area contributed by atoms with Crippen molar-refractivity contribution in [1.29, 1.82) is 0 Å². The molecule has 4 nitrogen and oxygen atoms in total. The standard InChI is InChI=1S/C12H17N3O/c1-9(16)8-15-11-4-2-10(3-5-11)12-13-6-7-14-12/h2-5,9,15-16H,6-8H2,1H3,(H,13,14). The molecule has 3 N–H and O–H groups in total. The van der Waals surface area contributed by atoms with E-state index in [2.05, 4.69) is 15.6 Å². The third-order valence-corrected chi connectivity index (χ3v) is 2.43. The number of nitrogens with zero attached hydrogens (tertiary/aromatic N) is 1. The summed E-state index contributed by atoms with van der Waals surface area (Å²) < 4.78 is 0. The SMILES string of the molecule is CC(O)CNc1ccc(C2=NCCN2)cc1. The van der Waals surface area contributed by atoms with Crippen molar-refractivity contribution in [2.45, 2.75) is 13.0 Å². The number of amidine groups is 1. The summed E-state index contributed by atoms with van der Waals surface area (Å²) in [6.07, 6.45) is -0.333. The molecule has 1 aromatic rings. The Labute approximate surface area is 95.4 Å². The summed E-state index contributed by atoms with van der Waals surface area (Å²) >= 11 is 0. The highest BCUT2D eigenvalue weighted by molar-refractivity contribution is 5.99. The molecule has 0 amide bonds. The summed E-state index contributed by atoms with van der Waals surface area (Å²) in [5.74, 6) is 0.974. The second-order valence-electron chi connectivity index (χ2n) is 3.96. The number of rotatable bonds is 4. The predicted molar refractivity (Wildman–Crippen MR) is 66.0 cm³/mol. The zero-order valence-corrected chi connectivity index (χ0v) is 9.40. The van der Waals surface area contributed by atoms with Crippen LogP contribution in [0.2, 0.25) is 0 Å². The summed E-state index contributed by atoms with van der Waals surface area (Å²) in [4.78, 5) is 4.35. The third-order valence-electron chi connectivity index (χ3n) is 2.43. The number of hydrogen-bond donors (Lipinski definition) is 3. The van der Waals surface area contributed by atoms with E-state index in [0.717, 1.165) is 30.2 Å². The molecule has 0 spiro atoms. The van der Waals surface area contributed by atoms with Crippen molar-refractivity contribution in [2.24, 2.45) is 4.99 Å². The lowest BCUT2D eigenvalue weighted by molar-refractivity contribution is 0.208. The first-order valence-electron chi connectivity index (χ1n) is 5.56. The van der Waals surface area contributed by atoms with Gasteiger partial charge in [-0.15, -0.1) is 0 Å². The van der Waals surface area contributed by atoms with E-state index in [1.165, 1.54) is 0 Å². The van der Waals surface area contributed by atoms with Crippen LogP contribution in [0.5, 0.6) is 0 Å². The summed E-state index contributed by atoms with van der Waals surface area (Å²) in [7, 11) is 0. The highest BCUT2D eigenvalue weighted by Crippen LogP contribution is 2.10. The Morgan fingerprint density at radius 2 is 2.19 bits per heavy atom. The number of anilines is 1. The van der Waals surface area contributed by atoms with Crippen molar-refractivity contribution in [2.75, 3.05) is 25.0 Å². The van der Waals surface area contributed by atoms with Gasteiger partial charge in [0.2, 0.25) is 0 Å². The van der Waals surface area contributed by atoms with Gasteiger partial charge < -0.3 is 15.7 Å². The maximum atomic E-state index is 9.15. The Morgan fingerprint density at radius 3 is 2.75 bits per heavy atom. The van der Waals surface area contributed by atoms with Crippen molar-refractivity contribution in [3.8, 4) is 0 Å². The molecule has 2 rings (SSSR count). The Balaban J connectivity index is 1.99. The maximum absolute atomic E-state index is 9.15. The minimum absolute atomic E-state index is 0.333. The van der Waals surface area contributed by atoms with Crippen molar-refractivity contribution in [3.05, 3.63) is 29.8 Å². The molecular formula is C12H17N3O. The second kappa shape index (κ2) is 4.99. The van der Waals surface area contributed by atoms with Gasteiger partial charge >= 0.3 is 0 Å². The van der Waals surface area contributed by atoms with Crippen molar-refractivity contribution < 1.29 is 5.11 Å². The number of nitrogens with one attached hydrogen (secondary N) is 2. The average molecular weight is 219 g/mol. The normalized spacial score (nSPS) is 16.5. The average Bonchev–Trinajstić information content (AvgIpc) is 2.80. The van der Waals surface area contributed by atoms with Gasteiger partial charge in [0.25, 0.3) is 0 Å². The summed E-state index contributed by atoms with van der Waals surface area (Å²) in [6.45, 7) is 4.12. The first-order valence-corrected chi connectivity index (χ1v) is 5.56. The molecule has 1 aromatic carbocycles. The van der Waals surface area contributed by atoms with Crippen LogP contribution in [-0.4, -0.2) is 36.7 Å². The van der Waals surface area contributed by atoms with Gasteiger partial charge in [0.05, 0.1) is 12.6 Å². The van der Waals surface area contributed by atoms with Crippen LogP contribution in [0.15, 0.2) is 29.3 Å². The van der Waals surface area contributed by atoms with E-state index in [1.54, 1.807) is 6.92 Å². The van der Waals surface area contributed by atoms with Gasteiger partial charge in [0.1, 0.15) is 5.84 Å². The number of hydrogen-bond acceptors (Lipinski definition) is 4. The Hall–Kier alpha value is -1.55. The first kappa shape index (κ1) is 11.0. The van der Waals surface area contributed by atoms with Gasteiger partial charge in [-0.2, -0.15) is 0 Å². The molecule has 0 radical (unpaired) electrons. The van der Waals surface area contributed by atoms with Gasteiger partial charge in [0, 0.05) is 24.3 Å². The van der Waals surface area contributed by atoms with E-state index >= 15 is 0 Å². The van der Waals surface area contributed by atoms with E-state index < -0.39 is 0 Å². The highest BCUT2D eigenvalue weighted by atomic mass is 16.3. The molecule has 1 atom stereocenters. The highest BCUT2D eigenvalue weighted by Gasteiger charge is 2.07. The van der Waals surface area contributed by atoms with E-state index in [1.807, 2.05) is 24.3 Å². The molecular weight excluding hydrogens is 202 g/mol. The zero-order chi connectivity index (χ0) is 11.4. The monoisotopic (exact) mass is 219 g/mol. The molecule has 0 bridgehead atoms. The topological polar surface area (TPSA) is 56.6 Å². The first-order chi connectivity index (χ1) is 7.75. The van der Waals surface area contributed by atoms with Crippen LogP contribution >= 0.6 is 0 Å². The van der Waals surface area contributed by atoms with Crippen molar-refractivity contribution in [1.82, 2.24) is 5.32 Å². The van der Waals surface area contributed by atoms with Crippen molar-refractivity contribution in [3.63, 3.8) is 0 Å². The molecule has 0 aromatic heterocycles. The van der Waals surface area contributed by atoms with Crippen LogP contribution < -0.4 is 10.6 Å². The molecule has 0 saturated heterocycles. The number of aliphatic imine (C=N–C) groups is 1. The van der Waals surface area contributed by atoms with E-state index in [4.69, 9.17) is 5.11 Å². The van der Waals surface area contributed by atoms with E-state index in [0.29, 0.717) is 6.54 Å².